The predicted molar refractivity (Wildman–Crippen MR) is 78.5 cm³/mol. The predicted octanol–water partition coefficient (Wildman–Crippen LogP) is 3.27. The van der Waals surface area contributed by atoms with Crippen molar-refractivity contribution in [3.8, 4) is 11.5 Å². The summed E-state index contributed by atoms with van der Waals surface area (Å²) < 4.78 is 5.06. The molecule has 0 aliphatic rings. The maximum absolute atomic E-state index is 12.1. The minimum absolute atomic E-state index is 0.194. The Labute approximate surface area is 118 Å². The molecule has 20 heavy (non-hydrogen) atoms. The molecule has 104 valence electrons. The van der Waals surface area contributed by atoms with Crippen molar-refractivity contribution in [2.45, 2.75) is 13.8 Å². The summed E-state index contributed by atoms with van der Waals surface area (Å²) in [6.45, 7) is 3.63. The molecule has 0 fully saturated rings. The number of phenolic OH excluding ortho intramolecular Hbond substituents is 1. The first-order valence-corrected chi connectivity index (χ1v) is 6.27. The minimum atomic E-state index is -0.194. The van der Waals surface area contributed by atoms with Crippen LogP contribution in [0.25, 0.3) is 0 Å². The normalized spacial score (nSPS) is 10.2. The molecule has 0 aliphatic carbocycles. The molecule has 4 heteroatoms. The van der Waals surface area contributed by atoms with Crippen LogP contribution in [0.1, 0.15) is 21.5 Å². The second kappa shape index (κ2) is 5.65. The van der Waals surface area contributed by atoms with E-state index in [2.05, 4.69) is 5.32 Å². The van der Waals surface area contributed by atoms with Crippen LogP contribution in [-0.2, 0) is 0 Å². The van der Waals surface area contributed by atoms with Crippen molar-refractivity contribution in [1.29, 1.82) is 0 Å². The van der Waals surface area contributed by atoms with Crippen LogP contribution in [0.5, 0.6) is 11.5 Å². The number of hydrogen-bond acceptors (Lipinski definition) is 3. The largest absolute Gasteiger partial charge is 0.508 e. The fourth-order valence-electron chi connectivity index (χ4n) is 1.87. The summed E-state index contributed by atoms with van der Waals surface area (Å²) in [5, 5.41) is 12.4. The topological polar surface area (TPSA) is 58.6 Å². The second-order valence-electron chi connectivity index (χ2n) is 4.64. The zero-order chi connectivity index (χ0) is 14.7. The van der Waals surface area contributed by atoms with Gasteiger partial charge in [0.15, 0.2) is 0 Å². The van der Waals surface area contributed by atoms with E-state index in [1.165, 1.54) is 0 Å². The van der Waals surface area contributed by atoms with Crippen LogP contribution < -0.4 is 10.1 Å². The summed E-state index contributed by atoms with van der Waals surface area (Å²) in [5.74, 6) is 0.740. The molecule has 0 aromatic heterocycles. The number of benzene rings is 2. The fraction of sp³-hybridized carbons (Fsp3) is 0.188. The van der Waals surface area contributed by atoms with E-state index >= 15 is 0 Å². The molecule has 0 spiro atoms. The Morgan fingerprint density at radius 1 is 1.10 bits per heavy atom. The van der Waals surface area contributed by atoms with Gasteiger partial charge in [0, 0.05) is 11.3 Å². The number of ether oxygens (including phenoxy) is 1. The first-order chi connectivity index (χ1) is 9.51. The Kier molecular flexibility index (Phi) is 3.94. The van der Waals surface area contributed by atoms with E-state index in [4.69, 9.17) is 4.74 Å². The highest BCUT2D eigenvalue weighted by Gasteiger charge is 2.09. The van der Waals surface area contributed by atoms with Crippen LogP contribution in [0, 0.1) is 13.8 Å². The number of amides is 1. The third-order valence-electron chi connectivity index (χ3n) is 3.14. The molecular formula is C16H17NO3. The van der Waals surface area contributed by atoms with Gasteiger partial charge >= 0.3 is 0 Å². The van der Waals surface area contributed by atoms with E-state index in [1.54, 1.807) is 50.4 Å². The van der Waals surface area contributed by atoms with Gasteiger partial charge in [-0.1, -0.05) is 0 Å². The fourth-order valence-corrected chi connectivity index (χ4v) is 1.87. The average Bonchev–Trinajstić information content (AvgIpc) is 2.44. The van der Waals surface area contributed by atoms with E-state index in [1.807, 2.05) is 6.92 Å². The summed E-state index contributed by atoms with van der Waals surface area (Å²) in [6.07, 6.45) is 0. The van der Waals surface area contributed by atoms with Gasteiger partial charge < -0.3 is 15.2 Å². The van der Waals surface area contributed by atoms with Gasteiger partial charge in [-0.3, -0.25) is 4.79 Å². The Hall–Kier alpha value is -2.49. The van der Waals surface area contributed by atoms with Crippen LogP contribution in [0.4, 0.5) is 5.69 Å². The van der Waals surface area contributed by atoms with Gasteiger partial charge in [0.2, 0.25) is 0 Å². The van der Waals surface area contributed by atoms with E-state index in [9.17, 15) is 9.90 Å². The quantitative estimate of drug-likeness (QED) is 0.842. The SMILES string of the molecule is COc1ccc(C(=O)Nc2cc(C)c(O)cc2C)cc1. The lowest BCUT2D eigenvalue weighted by molar-refractivity contribution is 0.102. The van der Waals surface area contributed by atoms with Gasteiger partial charge in [-0.2, -0.15) is 0 Å². The zero-order valence-electron chi connectivity index (χ0n) is 11.7. The van der Waals surface area contributed by atoms with Gasteiger partial charge in [0.25, 0.3) is 5.91 Å². The van der Waals surface area contributed by atoms with Gasteiger partial charge in [-0.15, -0.1) is 0 Å². The Morgan fingerprint density at radius 2 is 1.75 bits per heavy atom. The number of methoxy groups -OCH3 is 1. The average molecular weight is 271 g/mol. The van der Waals surface area contributed by atoms with Crippen molar-refractivity contribution in [1.82, 2.24) is 0 Å². The maximum Gasteiger partial charge on any atom is 0.255 e. The first-order valence-electron chi connectivity index (χ1n) is 6.27. The number of aromatic hydroxyl groups is 1. The Morgan fingerprint density at radius 3 is 2.35 bits per heavy atom. The number of aryl methyl sites for hydroxylation is 2. The number of carbonyl (C=O) groups excluding carboxylic acids is 1. The Balaban J connectivity index is 2.20. The molecule has 2 aromatic carbocycles. The zero-order valence-corrected chi connectivity index (χ0v) is 11.7. The molecular weight excluding hydrogens is 254 g/mol. The molecule has 4 nitrogen and oxygen atoms in total. The first kappa shape index (κ1) is 13.9. The van der Waals surface area contributed by atoms with E-state index < -0.39 is 0 Å². The molecule has 2 rings (SSSR count). The maximum atomic E-state index is 12.1. The lowest BCUT2D eigenvalue weighted by atomic mass is 10.1. The highest BCUT2D eigenvalue weighted by molar-refractivity contribution is 6.04. The molecule has 0 saturated heterocycles. The number of rotatable bonds is 3. The van der Waals surface area contributed by atoms with Crippen LogP contribution in [0.3, 0.4) is 0 Å². The monoisotopic (exact) mass is 271 g/mol. The van der Waals surface area contributed by atoms with Crippen molar-refractivity contribution < 1.29 is 14.6 Å². The molecule has 2 N–H and O–H groups in total. The second-order valence-corrected chi connectivity index (χ2v) is 4.64. The molecule has 1 amide bonds. The Bertz CT molecular complexity index is 633. The molecule has 0 aliphatic heterocycles. The summed E-state index contributed by atoms with van der Waals surface area (Å²) in [4.78, 5) is 12.1. The lowest BCUT2D eigenvalue weighted by Gasteiger charge is -2.11. The van der Waals surface area contributed by atoms with Gasteiger partial charge in [0.1, 0.15) is 11.5 Å². The van der Waals surface area contributed by atoms with Crippen molar-refractivity contribution >= 4 is 11.6 Å². The third-order valence-corrected chi connectivity index (χ3v) is 3.14. The highest BCUT2D eigenvalue weighted by Crippen LogP contribution is 2.25. The van der Waals surface area contributed by atoms with Crippen LogP contribution >= 0.6 is 0 Å². The number of anilines is 1. The van der Waals surface area contributed by atoms with Crippen molar-refractivity contribution in [2.75, 3.05) is 12.4 Å². The molecule has 0 atom stereocenters. The summed E-state index contributed by atoms with van der Waals surface area (Å²) >= 11 is 0. The van der Waals surface area contributed by atoms with Crippen molar-refractivity contribution in [3.63, 3.8) is 0 Å². The standard InChI is InChI=1S/C16H17NO3/c1-10-9-15(18)11(2)8-14(10)17-16(19)12-4-6-13(20-3)7-5-12/h4-9,18H,1-3H3,(H,17,19). The van der Waals surface area contributed by atoms with E-state index in [0.717, 1.165) is 11.1 Å². The molecule has 0 saturated carbocycles. The van der Waals surface area contributed by atoms with Crippen molar-refractivity contribution in [3.05, 3.63) is 53.1 Å². The summed E-state index contributed by atoms with van der Waals surface area (Å²) in [7, 11) is 1.58. The van der Waals surface area contributed by atoms with Gasteiger partial charge in [0.05, 0.1) is 7.11 Å². The van der Waals surface area contributed by atoms with Crippen molar-refractivity contribution in [2.24, 2.45) is 0 Å². The van der Waals surface area contributed by atoms with Crippen LogP contribution in [0.15, 0.2) is 36.4 Å². The smallest absolute Gasteiger partial charge is 0.255 e. The van der Waals surface area contributed by atoms with Crippen LogP contribution in [0.2, 0.25) is 0 Å². The highest BCUT2D eigenvalue weighted by atomic mass is 16.5. The third kappa shape index (κ3) is 2.91. The molecule has 0 unspecified atom stereocenters. The minimum Gasteiger partial charge on any atom is -0.508 e. The molecule has 0 radical (unpaired) electrons. The summed E-state index contributed by atoms with van der Waals surface area (Å²) in [6, 6.07) is 10.3. The van der Waals surface area contributed by atoms with Gasteiger partial charge in [-0.25, -0.2) is 0 Å². The molecule has 2 aromatic rings. The number of carbonyl (C=O) groups is 1. The molecule has 0 bridgehead atoms. The number of hydrogen-bond donors (Lipinski definition) is 2. The molecule has 0 heterocycles. The summed E-state index contributed by atoms with van der Waals surface area (Å²) in [5.41, 5.74) is 2.78. The van der Waals surface area contributed by atoms with Gasteiger partial charge in [-0.05, 0) is 61.4 Å². The number of nitrogens with one attached hydrogen (secondary N) is 1. The van der Waals surface area contributed by atoms with E-state index in [-0.39, 0.29) is 11.7 Å². The number of phenols is 1. The van der Waals surface area contributed by atoms with E-state index in [0.29, 0.717) is 17.0 Å². The van der Waals surface area contributed by atoms with Crippen LogP contribution in [-0.4, -0.2) is 18.1 Å². The lowest BCUT2D eigenvalue weighted by Crippen LogP contribution is -2.12.